The van der Waals surface area contributed by atoms with E-state index in [0.717, 1.165) is 317 Å². The van der Waals surface area contributed by atoms with Gasteiger partial charge in [0, 0.05) is 242 Å². The standard InChI is InChI=1S/C27H41N7O2.C26H35N7O2.C26H39N7O2.C24H33N7O/c1-3-5-6-7-13-28-25-29-26(32-14-11-22(12-15-32)36-4-2)31-27(30-25)33-17-20-16-21(19-33)23-9-8-10-24(35)34(23)18-20;34-23-8-4-7-22-21-15-20(17-33(22)23)16-32(18-21)26-29-24(27-10-9-19-5-2-1-3-6-19)28-25(30-26)31-11-13-35-14-12-31;1-3-4-5-6-12-27-24-28-25(31-13-10-21(35-2)11-14-31)30-26(29-24)32-16-19-15-20(18-32)22-8-7-9-23(34)33(22)17-19;32-21-9-5-8-20-19-12-18(15-31(20)21)14-30(16-19)24-27-22(25-13-17-6-1-2-7-17)26-23(28-24)29-10-3-4-11-29/h8-10,20-22H,3-7,11-19H2,1-2H3,(H,28,29,30,31);4-5,7-8,20-21H,1-3,6,9-18H2,(H,27,28,29,30);7-9,19-21H,3-6,10-18H2,1-2H3,(H,27,28,29,30);5,8-9,17-19H,1-4,6-7,10-16H2,(H,25,26,27,28). The van der Waals surface area contributed by atoms with Crippen molar-refractivity contribution in [2.24, 2.45) is 29.6 Å². The zero-order valence-electron chi connectivity index (χ0n) is 82.1. The van der Waals surface area contributed by atoms with E-state index in [4.69, 9.17) is 74.0 Å². The number of piperidine rings is 6. The van der Waals surface area contributed by atoms with Gasteiger partial charge in [0.15, 0.2) is 0 Å². The number of methoxy groups -OCH3 is 1. The Morgan fingerprint density at radius 1 is 0.348 bits per heavy atom. The first kappa shape index (κ1) is 96.0. The number of pyridine rings is 4. The quantitative estimate of drug-likeness (QED) is 0.0240. The third-order valence-electron chi connectivity index (χ3n) is 31.1. The molecular weight excluding hydrogens is 1740 g/mol. The van der Waals surface area contributed by atoms with Crippen LogP contribution in [-0.2, 0) is 40.4 Å². The molecular formula is C103H148N28O7. The van der Waals surface area contributed by atoms with Gasteiger partial charge in [0.2, 0.25) is 71.4 Å². The number of rotatable bonds is 30. The molecule has 35 nitrogen and oxygen atoms in total. The van der Waals surface area contributed by atoms with Crippen molar-refractivity contribution < 1.29 is 14.2 Å². The van der Waals surface area contributed by atoms with Crippen molar-refractivity contribution in [3.8, 4) is 0 Å². The molecule has 8 aromatic heterocycles. The smallest absolute Gasteiger partial charge is 0.250 e. The SMILES string of the molecule is CCCCCCNc1nc(N2CCC(OC)CC2)nc(N2CC3CC(C2)c2cccc(=O)n2C3)n1.CCCCCCNc1nc(N2CCC(OCC)CC2)nc(N2CC3CC(C2)c2cccc(=O)n2C3)n1.O=c1cccc2n1CC1CC2CN(c2nc(NCC3CCCC3)nc(N3CCCC3)n2)C1.O=c1cccc2n1CC1CC2CN(c2nc(NCCC3=CCCCC3)nc(N3CCOCC3)n2)C1. The number of nitrogens with one attached hydrogen (secondary N) is 4. The van der Waals surface area contributed by atoms with Gasteiger partial charge in [-0.25, -0.2) is 0 Å². The first-order valence-electron chi connectivity index (χ1n) is 52.9. The molecule has 12 aliphatic heterocycles. The van der Waals surface area contributed by atoms with Crippen molar-refractivity contribution in [2.45, 2.75) is 256 Å². The fourth-order valence-corrected chi connectivity index (χ4v) is 24.0. The number of fused-ring (bicyclic) bond motifs is 16. The van der Waals surface area contributed by atoms with Crippen molar-refractivity contribution in [2.75, 3.05) is 218 Å². The maximum atomic E-state index is 12.4. The first-order chi connectivity index (χ1) is 67.7. The van der Waals surface area contributed by atoms with Crippen molar-refractivity contribution in [1.29, 1.82) is 0 Å². The van der Waals surface area contributed by atoms with Gasteiger partial charge in [-0.05, 0) is 183 Å². The number of nitrogens with zero attached hydrogens (tertiary/aromatic N) is 24. The molecule has 14 aliphatic rings. The van der Waals surface area contributed by atoms with E-state index in [0.29, 0.717) is 90.6 Å². The summed E-state index contributed by atoms with van der Waals surface area (Å²) in [4.78, 5) is 127. The topological polar surface area (TPSA) is 344 Å². The Kier molecular flexibility index (Phi) is 32.0. The summed E-state index contributed by atoms with van der Waals surface area (Å²) in [6, 6.07) is 22.7. The number of anilines is 12. The second-order valence-electron chi connectivity index (χ2n) is 41.1. The molecule has 2 aliphatic carbocycles. The number of morpholine rings is 1. The minimum atomic E-state index is 0.111. The third kappa shape index (κ3) is 23.7. The normalized spacial score (nSPS) is 23.3. The molecule has 0 radical (unpaired) electrons. The summed E-state index contributed by atoms with van der Waals surface area (Å²) in [5.74, 6) is 12.5. The van der Waals surface area contributed by atoms with Crippen molar-refractivity contribution in [1.82, 2.24) is 78.1 Å². The summed E-state index contributed by atoms with van der Waals surface area (Å²) in [5.41, 5.74) is 6.59. The van der Waals surface area contributed by atoms with E-state index in [2.05, 4.69) is 112 Å². The number of hydrogen-bond donors (Lipinski definition) is 4. The molecule has 8 saturated heterocycles. The molecule has 1 saturated carbocycles. The molecule has 0 spiro atoms. The minimum absolute atomic E-state index is 0.111. The van der Waals surface area contributed by atoms with Gasteiger partial charge in [-0.3, -0.25) is 19.2 Å². The predicted octanol–water partition coefficient (Wildman–Crippen LogP) is 12.6. The highest BCUT2D eigenvalue weighted by atomic mass is 16.5. The minimum Gasteiger partial charge on any atom is -0.381 e. The molecule has 4 N–H and O–H groups in total. The van der Waals surface area contributed by atoms with Gasteiger partial charge < -0.3 is 92.9 Å². The lowest BCUT2D eigenvalue weighted by Gasteiger charge is -2.43. The summed E-state index contributed by atoms with van der Waals surface area (Å²) in [7, 11) is 1.79. The highest BCUT2D eigenvalue weighted by Gasteiger charge is 2.42. The van der Waals surface area contributed by atoms with Crippen LogP contribution in [0.2, 0.25) is 0 Å². The fourth-order valence-electron chi connectivity index (χ4n) is 24.0. The number of hydrogen-bond acceptors (Lipinski definition) is 31. The van der Waals surface area contributed by atoms with Crippen molar-refractivity contribution in [3.05, 3.63) is 149 Å². The lowest BCUT2D eigenvalue weighted by molar-refractivity contribution is 0.0457. The number of allylic oxidation sites excluding steroid dienone is 1. The van der Waals surface area contributed by atoms with E-state index in [1.54, 1.807) is 36.9 Å². The van der Waals surface area contributed by atoms with Crippen LogP contribution in [0.4, 0.5) is 71.4 Å². The molecule has 8 unspecified atom stereocenters. The van der Waals surface area contributed by atoms with Crippen LogP contribution in [0.5, 0.6) is 0 Å². The Bertz CT molecular complexity index is 5640. The second-order valence-corrected chi connectivity index (χ2v) is 41.1. The van der Waals surface area contributed by atoms with Crippen LogP contribution in [0.15, 0.2) is 104 Å². The van der Waals surface area contributed by atoms with E-state index in [1.807, 2.05) is 42.5 Å². The Hall–Kier alpha value is -10.9. The largest absolute Gasteiger partial charge is 0.381 e. The zero-order chi connectivity index (χ0) is 94.2. The van der Waals surface area contributed by atoms with E-state index in [-0.39, 0.29) is 22.2 Å². The Labute approximate surface area is 812 Å². The van der Waals surface area contributed by atoms with Gasteiger partial charge in [-0.1, -0.05) is 101 Å². The lowest BCUT2D eigenvalue weighted by Crippen LogP contribution is -2.48. The molecule has 8 bridgehead atoms. The lowest BCUT2D eigenvalue weighted by atomic mass is 9.83. The molecule has 742 valence electrons. The van der Waals surface area contributed by atoms with Gasteiger partial charge in [-0.2, -0.15) is 59.8 Å². The first-order valence-corrected chi connectivity index (χ1v) is 52.9. The molecule has 9 fully saturated rings. The average Bonchev–Trinajstić information content (AvgIpc) is 0.900. The molecule has 22 rings (SSSR count). The van der Waals surface area contributed by atoms with Gasteiger partial charge in [0.25, 0.3) is 22.2 Å². The van der Waals surface area contributed by atoms with Gasteiger partial charge in [0.1, 0.15) is 0 Å². The van der Waals surface area contributed by atoms with Gasteiger partial charge in [0.05, 0.1) is 25.4 Å². The van der Waals surface area contributed by atoms with Crippen LogP contribution in [0.25, 0.3) is 0 Å². The summed E-state index contributed by atoms with van der Waals surface area (Å²) >= 11 is 0. The van der Waals surface area contributed by atoms with Crippen LogP contribution in [0, 0.1) is 29.6 Å². The summed E-state index contributed by atoms with van der Waals surface area (Å²) < 4.78 is 24.8. The Morgan fingerprint density at radius 3 is 1.07 bits per heavy atom. The van der Waals surface area contributed by atoms with Crippen LogP contribution < -0.4 is 82.7 Å². The monoisotopic (exact) mass is 1890 g/mol. The molecule has 0 aromatic carbocycles. The van der Waals surface area contributed by atoms with Crippen LogP contribution in [-0.4, -0.2) is 248 Å². The van der Waals surface area contributed by atoms with Crippen molar-refractivity contribution in [3.63, 3.8) is 0 Å². The third-order valence-corrected chi connectivity index (χ3v) is 31.1. The molecule has 35 heteroatoms. The highest BCUT2D eigenvalue weighted by Crippen LogP contribution is 2.43. The summed E-state index contributed by atoms with van der Waals surface area (Å²) in [6.07, 6.45) is 34.9. The maximum absolute atomic E-state index is 12.4. The molecule has 0 amide bonds. The Morgan fingerprint density at radius 2 is 0.703 bits per heavy atom. The maximum Gasteiger partial charge on any atom is 0.250 e. The fraction of sp³-hybridized carbons (Fsp3) is 0.670. The molecule has 8 atom stereocenters. The van der Waals surface area contributed by atoms with Crippen LogP contribution >= 0.6 is 0 Å². The summed E-state index contributed by atoms with van der Waals surface area (Å²) in [6.45, 7) is 29.3. The number of aromatic nitrogens is 16. The van der Waals surface area contributed by atoms with Crippen molar-refractivity contribution >= 4 is 71.4 Å². The summed E-state index contributed by atoms with van der Waals surface area (Å²) in [5, 5.41) is 14.0. The molecule has 138 heavy (non-hydrogen) atoms. The van der Waals surface area contributed by atoms with E-state index in [9.17, 15) is 19.2 Å². The molecule has 20 heterocycles. The Balaban J connectivity index is 0.000000118. The predicted molar refractivity (Wildman–Crippen MR) is 543 cm³/mol. The van der Waals surface area contributed by atoms with E-state index in [1.165, 1.54) is 103 Å². The number of ether oxygens (including phenoxy) is 3. The van der Waals surface area contributed by atoms with Crippen LogP contribution in [0.1, 0.15) is 241 Å². The molecule has 8 aromatic rings. The van der Waals surface area contributed by atoms with Gasteiger partial charge >= 0.3 is 0 Å². The van der Waals surface area contributed by atoms with E-state index >= 15 is 0 Å². The average molecular weight is 1890 g/mol. The van der Waals surface area contributed by atoms with Crippen LogP contribution in [0.3, 0.4) is 0 Å². The van der Waals surface area contributed by atoms with E-state index < -0.39 is 0 Å². The van der Waals surface area contributed by atoms with Gasteiger partial charge in [-0.15, -0.1) is 0 Å². The zero-order valence-corrected chi connectivity index (χ0v) is 82.1. The number of unbranched alkanes of at least 4 members (excludes halogenated alkanes) is 6. The highest BCUT2D eigenvalue weighted by molar-refractivity contribution is 5.52. The second kappa shape index (κ2) is 46.0.